The molecule has 332 valence electrons. The number of thioether (sulfide) groups is 2. The molecule has 2 aliphatic heterocycles. The molecule has 2 N–H and O–H groups in total. The Bertz CT molecular complexity index is 2950. The second kappa shape index (κ2) is 19.4. The van der Waals surface area contributed by atoms with E-state index in [9.17, 15) is 14.4 Å². The number of rotatable bonds is 15. The number of aromatic nitrogens is 2. The molecular formula is C52H40N6O5S4. The molecule has 2 aliphatic rings. The van der Waals surface area contributed by atoms with Crippen molar-refractivity contribution in [3.63, 3.8) is 0 Å². The Morgan fingerprint density at radius 2 is 1.31 bits per heavy atom. The number of fused-ring (bicyclic) bond motifs is 2. The number of amides is 2. The van der Waals surface area contributed by atoms with Crippen LogP contribution < -0.4 is 10.6 Å². The number of oxime groups is 1. The van der Waals surface area contributed by atoms with E-state index in [0.717, 1.165) is 42.4 Å². The molecule has 2 aromatic heterocycles. The molecule has 10 rings (SSSR count). The second-order valence-corrected chi connectivity index (χ2v) is 19.8. The molecule has 11 nitrogen and oxygen atoms in total. The first-order valence-electron chi connectivity index (χ1n) is 21.3. The van der Waals surface area contributed by atoms with E-state index in [-0.39, 0.29) is 17.1 Å². The van der Waals surface area contributed by atoms with Crippen LogP contribution in [0.15, 0.2) is 201 Å². The van der Waals surface area contributed by atoms with Gasteiger partial charge in [-0.1, -0.05) is 181 Å². The van der Waals surface area contributed by atoms with Gasteiger partial charge in [0.25, 0.3) is 11.8 Å². The van der Waals surface area contributed by atoms with Crippen LogP contribution in [0.5, 0.6) is 0 Å². The lowest BCUT2D eigenvalue weighted by Crippen LogP contribution is -2.71. The minimum Gasteiger partial charge on any atom is -0.448 e. The number of para-hydroxylation sites is 1. The minimum atomic E-state index is -0.992. The number of benzene rings is 6. The lowest BCUT2D eigenvalue weighted by molar-refractivity contribution is -0.154. The quantitative estimate of drug-likeness (QED) is 0.0336. The van der Waals surface area contributed by atoms with Gasteiger partial charge < -0.3 is 20.2 Å². The Hall–Kier alpha value is -7.04. The molecule has 2 amide bonds. The summed E-state index contributed by atoms with van der Waals surface area (Å²) in [6.07, 6.45) is -0.750. The van der Waals surface area contributed by atoms with Gasteiger partial charge in [-0.05, 0) is 39.9 Å². The van der Waals surface area contributed by atoms with Gasteiger partial charge in [0.15, 0.2) is 21.3 Å². The normalized spacial score (nSPS) is 16.1. The summed E-state index contributed by atoms with van der Waals surface area (Å²) in [6.45, 7) is 0. The summed E-state index contributed by atoms with van der Waals surface area (Å²) in [5, 5.41) is 12.4. The zero-order valence-electron chi connectivity index (χ0n) is 35.7. The number of nitrogens with one attached hydrogen (secondary N) is 2. The highest BCUT2D eigenvalue weighted by molar-refractivity contribution is 8.07. The van der Waals surface area contributed by atoms with Gasteiger partial charge in [0.05, 0.1) is 10.2 Å². The third-order valence-electron chi connectivity index (χ3n) is 11.4. The fraction of sp³-hybridized carbons (Fsp3) is 0.115. The number of ether oxygens (including phenoxy) is 1. The van der Waals surface area contributed by atoms with E-state index in [1.165, 1.54) is 58.2 Å². The lowest BCUT2D eigenvalue weighted by atomic mass is 9.77. The highest BCUT2D eigenvalue weighted by Gasteiger charge is 2.55. The van der Waals surface area contributed by atoms with Crippen LogP contribution in [-0.2, 0) is 29.5 Å². The summed E-state index contributed by atoms with van der Waals surface area (Å²) in [6, 6.07) is 56.2. The van der Waals surface area contributed by atoms with Crippen molar-refractivity contribution in [1.82, 2.24) is 20.2 Å². The van der Waals surface area contributed by atoms with Crippen LogP contribution in [0.3, 0.4) is 0 Å². The van der Waals surface area contributed by atoms with Gasteiger partial charge in [0, 0.05) is 16.0 Å². The number of thiazole rings is 2. The number of esters is 1. The van der Waals surface area contributed by atoms with Crippen molar-refractivity contribution < 1.29 is 24.0 Å². The fourth-order valence-electron chi connectivity index (χ4n) is 8.29. The summed E-state index contributed by atoms with van der Waals surface area (Å²) in [4.78, 5) is 60.4. The van der Waals surface area contributed by atoms with Crippen molar-refractivity contribution in [2.75, 3.05) is 18.2 Å². The van der Waals surface area contributed by atoms with Gasteiger partial charge in [-0.2, -0.15) is 0 Å². The Morgan fingerprint density at radius 3 is 1.88 bits per heavy atom. The number of β-lactam (4-membered cyclic amide) rings is 1. The molecule has 2 atom stereocenters. The highest BCUT2D eigenvalue weighted by Crippen LogP contribution is 2.47. The number of anilines is 1. The second-order valence-electron chi connectivity index (χ2n) is 15.4. The predicted molar refractivity (Wildman–Crippen MR) is 267 cm³/mol. The number of hydrogen-bond acceptors (Lipinski definition) is 13. The summed E-state index contributed by atoms with van der Waals surface area (Å²) >= 11 is 5.62. The van der Waals surface area contributed by atoms with Crippen LogP contribution in [0.1, 0.15) is 39.6 Å². The monoisotopic (exact) mass is 956 g/mol. The van der Waals surface area contributed by atoms with Gasteiger partial charge in [-0.15, -0.1) is 34.4 Å². The first-order valence-corrected chi connectivity index (χ1v) is 24.8. The molecule has 15 heteroatoms. The molecule has 1 unspecified atom stereocenters. The van der Waals surface area contributed by atoms with Crippen molar-refractivity contribution in [2.24, 2.45) is 5.16 Å². The van der Waals surface area contributed by atoms with Crippen molar-refractivity contribution in [3.05, 3.63) is 225 Å². The average Bonchev–Trinajstić information content (AvgIpc) is 4.03. The van der Waals surface area contributed by atoms with Gasteiger partial charge in [0.1, 0.15) is 35.5 Å². The van der Waals surface area contributed by atoms with E-state index < -0.39 is 40.8 Å². The Kier molecular flexibility index (Phi) is 12.7. The minimum absolute atomic E-state index is 0.112. The van der Waals surface area contributed by atoms with Crippen LogP contribution >= 0.6 is 46.2 Å². The van der Waals surface area contributed by atoms with E-state index >= 15 is 0 Å². The molecule has 1 fully saturated rings. The van der Waals surface area contributed by atoms with Gasteiger partial charge in [-0.25, -0.2) is 14.8 Å². The molecule has 0 aliphatic carbocycles. The van der Waals surface area contributed by atoms with E-state index in [0.29, 0.717) is 15.8 Å². The third-order valence-corrected chi connectivity index (χ3v) is 15.8. The molecule has 0 spiro atoms. The summed E-state index contributed by atoms with van der Waals surface area (Å²) < 4.78 is 8.12. The number of hydrogen-bond donors (Lipinski definition) is 2. The van der Waals surface area contributed by atoms with E-state index in [2.05, 4.69) is 52.2 Å². The predicted octanol–water partition coefficient (Wildman–Crippen LogP) is 10.2. The average molecular weight is 957 g/mol. The fourth-order valence-corrected chi connectivity index (χ4v) is 12.7. The molecule has 67 heavy (non-hydrogen) atoms. The molecular weight excluding hydrogens is 917 g/mol. The Labute approximate surface area is 403 Å². The molecule has 0 saturated carbocycles. The van der Waals surface area contributed by atoms with E-state index in [4.69, 9.17) is 19.5 Å². The van der Waals surface area contributed by atoms with Crippen molar-refractivity contribution >= 4 is 85.0 Å². The van der Waals surface area contributed by atoms with Crippen molar-refractivity contribution in [2.45, 2.75) is 27.4 Å². The zero-order valence-corrected chi connectivity index (χ0v) is 39.0. The molecule has 0 bridgehead atoms. The van der Waals surface area contributed by atoms with Crippen LogP contribution in [0.4, 0.5) is 5.13 Å². The van der Waals surface area contributed by atoms with E-state index in [1.807, 2.05) is 140 Å². The summed E-state index contributed by atoms with van der Waals surface area (Å²) in [7, 11) is 1.35. The SMILES string of the molecule is CO/N=C(\C(=O)NC1C(=O)N2C(C(=O)OC(c3ccccc3)c3ccccc3)=C(Sc3nc4ccccc4s3)CS[C@@H]12)c1csc(NC(c2ccccc2)(c2ccccc2)c2ccccc2)n1. The van der Waals surface area contributed by atoms with E-state index in [1.54, 1.807) is 5.38 Å². The van der Waals surface area contributed by atoms with Crippen LogP contribution in [-0.4, -0.2) is 62.6 Å². The summed E-state index contributed by atoms with van der Waals surface area (Å²) in [5.74, 6) is -1.42. The van der Waals surface area contributed by atoms with Crippen LogP contribution in [0.25, 0.3) is 10.2 Å². The first-order chi connectivity index (χ1) is 32.9. The summed E-state index contributed by atoms with van der Waals surface area (Å²) in [5.41, 5.74) is 4.76. The first kappa shape index (κ1) is 43.8. The number of nitrogens with zero attached hydrogens (tertiary/aromatic N) is 4. The Balaban J connectivity index is 0.934. The molecule has 8 aromatic rings. The molecule has 4 heterocycles. The van der Waals surface area contributed by atoms with Gasteiger partial charge in [-0.3, -0.25) is 14.5 Å². The Morgan fingerprint density at radius 1 is 0.761 bits per heavy atom. The maximum Gasteiger partial charge on any atom is 0.356 e. The largest absolute Gasteiger partial charge is 0.448 e. The maximum absolute atomic E-state index is 14.7. The molecule has 6 aromatic carbocycles. The molecule has 0 radical (unpaired) electrons. The third kappa shape index (κ3) is 8.74. The van der Waals surface area contributed by atoms with Crippen LogP contribution in [0.2, 0.25) is 0 Å². The highest BCUT2D eigenvalue weighted by atomic mass is 32.2. The standard InChI is InChI=1S/C52H40N6O5S4/c1-62-57-42(39-31-65-50(53-39)56-52(35-23-11-4-12-24-35,36-25-13-5-14-26-36)37-27-15-6-16-28-37)46(59)55-43-47(60)58-44(41(32-64-48(43)58)67-51-54-38-29-17-18-30-40(38)66-51)49(61)63-45(33-19-7-2-8-20-33)34-21-9-3-10-22-34/h2-31,43,45,48H,32H2,1H3,(H,53,56)(H,55,59)/b57-42-/t43?,48-/m0/s1. The van der Waals surface area contributed by atoms with Gasteiger partial charge in [0.2, 0.25) is 0 Å². The topological polar surface area (TPSA) is 135 Å². The van der Waals surface area contributed by atoms with Crippen molar-refractivity contribution in [3.8, 4) is 0 Å². The number of carbonyl (C=O) groups is 3. The van der Waals surface area contributed by atoms with Crippen molar-refractivity contribution in [1.29, 1.82) is 0 Å². The number of carbonyl (C=O) groups excluding carboxylic acids is 3. The zero-order chi connectivity index (χ0) is 45.7. The lowest BCUT2D eigenvalue weighted by Gasteiger charge is -2.49. The maximum atomic E-state index is 14.7. The smallest absolute Gasteiger partial charge is 0.356 e. The van der Waals surface area contributed by atoms with Gasteiger partial charge >= 0.3 is 5.97 Å². The van der Waals surface area contributed by atoms with Crippen LogP contribution in [0, 0.1) is 0 Å². The molecule has 1 saturated heterocycles.